The summed E-state index contributed by atoms with van der Waals surface area (Å²) in [5, 5.41) is 0. The van der Waals surface area contributed by atoms with Gasteiger partial charge in [-0.3, -0.25) is 14.4 Å². The number of carbonyl (C=O) groups excluding carboxylic acids is 3. The van der Waals surface area contributed by atoms with Gasteiger partial charge in [-0.15, -0.1) is 0 Å². The van der Waals surface area contributed by atoms with Gasteiger partial charge in [0.2, 0.25) is 0 Å². The van der Waals surface area contributed by atoms with Gasteiger partial charge < -0.3 is 14.2 Å². The first-order chi connectivity index (χ1) is 40.0. The van der Waals surface area contributed by atoms with Gasteiger partial charge in [0.25, 0.3) is 0 Å². The number of allylic oxidation sites excluding steroid dienone is 20. The van der Waals surface area contributed by atoms with Gasteiger partial charge >= 0.3 is 17.9 Å². The summed E-state index contributed by atoms with van der Waals surface area (Å²) < 4.78 is 16.9. The minimum Gasteiger partial charge on any atom is -0.462 e. The van der Waals surface area contributed by atoms with E-state index in [0.717, 1.165) is 135 Å². The number of rotatable bonds is 61. The minimum absolute atomic E-state index is 0.0873. The molecule has 1 unspecified atom stereocenters. The summed E-state index contributed by atoms with van der Waals surface area (Å²) in [6.07, 6.45) is 95.0. The first-order valence-electron chi connectivity index (χ1n) is 34.0. The molecule has 6 nitrogen and oxygen atoms in total. The van der Waals surface area contributed by atoms with Crippen molar-refractivity contribution in [3.63, 3.8) is 0 Å². The van der Waals surface area contributed by atoms with Crippen molar-refractivity contribution in [2.45, 2.75) is 322 Å². The second kappa shape index (κ2) is 68.3. The highest BCUT2D eigenvalue weighted by Crippen LogP contribution is 2.17. The summed E-state index contributed by atoms with van der Waals surface area (Å²) in [4.78, 5) is 38.4. The molecule has 0 rings (SSSR count). The largest absolute Gasteiger partial charge is 0.462 e. The Morgan fingerprint density at radius 2 is 0.481 bits per heavy atom. The number of carbonyl (C=O) groups is 3. The molecule has 0 aliphatic heterocycles. The molecule has 0 aromatic carbocycles. The van der Waals surface area contributed by atoms with Crippen LogP contribution in [0.1, 0.15) is 316 Å². The third-order valence-corrected chi connectivity index (χ3v) is 14.5. The second-order valence-corrected chi connectivity index (χ2v) is 22.3. The molecule has 0 aromatic rings. The molecule has 0 aliphatic carbocycles. The lowest BCUT2D eigenvalue weighted by molar-refractivity contribution is -0.167. The molecule has 0 heterocycles. The van der Waals surface area contributed by atoms with Crippen molar-refractivity contribution in [2.75, 3.05) is 13.2 Å². The number of hydrogen-bond donors (Lipinski definition) is 0. The molecule has 0 bridgehead atoms. The van der Waals surface area contributed by atoms with Crippen LogP contribution in [0.2, 0.25) is 0 Å². The fourth-order valence-electron chi connectivity index (χ4n) is 9.44. The van der Waals surface area contributed by atoms with E-state index in [0.29, 0.717) is 19.3 Å². The SMILES string of the molecule is CC/C=C\C/C=C\C/C=C\C/C=C\C/C=C\C/C=C\CCCCCCC(=O)OC(COC(=O)CCCCCCCCCCCCCCC)COC(=O)CCCCCCCCCCCCCCCC/C=C\C/C=C\C/C=C\C/C=C\CC. The molecule has 1 atom stereocenters. The van der Waals surface area contributed by atoms with Crippen molar-refractivity contribution in [3.8, 4) is 0 Å². The van der Waals surface area contributed by atoms with Gasteiger partial charge in [0.1, 0.15) is 13.2 Å². The molecule has 0 amide bonds. The molecule has 0 fully saturated rings. The maximum absolute atomic E-state index is 12.9. The number of unbranched alkanes of at least 4 members (excludes halogenated alkanes) is 30. The minimum atomic E-state index is -0.794. The Morgan fingerprint density at radius 1 is 0.259 bits per heavy atom. The predicted molar refractivity (Wildman–Crippen MR) is 353 cm³/mol. The van der Waals surface area contributed by atoms with E-state index in [9.17, 15) is 14.4 Å². The van der Waals surface area contributed by atoms with E-state index in [4.69, 9.17) is 14.2 Å². The molecule has 462 valence electrons. The third-order valence-electron chi connectivity index (χ3n) is 14.5. The van der Waals surface area contributed by atoms with Crippen molar-refractivity contribution in [1.29, 1.82) is 0 Å². The van der Waals surface area contributed by atoms with Gasteiger partial charge in [-0.25, -0.2) is 0 Å². The van der Waals surface area contributed by atoms with E-state index in [1.165, 1.54) is 141 Å². The van der Waals surface area contributed by atoms with E-state index in [1.54, 1.807) is 0 Å². The summed E-state index contributed by atoms with van der Waals surface area (Å²) >= 11 is 0. The van der Waals surface area contributed by atoms with Gasteiger partial charge in [0.15, 0.2) is 6.10 Å². The first kappa shape index (κ1) is 76.8. The van der Waals surface area contributed by atoms with Crippen LogP contribution in [0, 0.1) is 0 Å². The Kier molecular flexibility index (Phi) is 64.8. The molecule has 0 aliphatic rings. The van der Waals surface area contributed by atoms with Gasteiger partial charge in [-0.2, -0.15) is 0 Å². The molecule has 0 aromatic heterocycles. The molecule has 0 saturated heterocycles. The lowest BCUT2D eigenvalue weighted by Gasteiger charge is -2.18. The standard InChI is InChI=1S/C75H126O6/c1-4-7-10-13-16-19-22-25-27-29-31-33-35-36-37-38-40-41-43-45-47-50-53-56-59-62-65-68-74(77)80-71-72(70-79-73(76)67-64-61-58-55-52-49-24-21-18-15-12-9-6-3)81-75(78)69-66-63-60-57-54-51-48-46-44-42-39-34-32-30-28-26-23-20-17-14-11-8-5-2/h7-8,10-11,16-17,19-20,25-28,31-34,42,44,48,51,72H,4-6,9,12-15,18,21-24,29-30,35-41,43,45-47,49-50,52-71H2,1-3H3/b10-7-,11-8-,19-16-,20-17-,27-25-,28-26-,33-31-,34-32-,44-42-,51-48-. The normalized spacial score (nSPS) is 12.9. The van der Waals surface area contributed by atoms with E-state index in [1.807, 2.05) is 0 Å². The maximum atomic E-state index is 12.9. The highest BCUT2D eigenvalue weighted by molar-refractivity contribution is 5.71. The van der Waals surface area contributed by atoms with Crippen LogP contribution in [0.5, 0.6) is 0 Å². The molecule has 0 spiro atoms. The topological polar surface area (TPSA) is 78.9 Å². The summed E-state index contributed by atoms with van der Waals surface area (Å²) in [7, 11) is 0. The van der Waals surface area contributed by atoms with Crippen molar-refractivity contribution in [2.24, 2.45) is 0 Å². The monoisotopic (exact) mass is 1120 g/mol. The molecular formula is C75H126O6. The molecule has 0 N–H and O–H groups in total. The van der Waals surface area contributed by atoms with Crippen LogP contribution < -0.4 is 0 Å². The Hall–Kier alpha value is -4.19. The fraction of sp³-hybridized carbons (Fsp3) is 0.693. The van der Waals surface area contributed by atoms with E-state index in [-0.39, 0.29) is 31.1 Å². The van der Waals surface area contributed by atoms with Crippen LogP contribution in [-0.2, 0) is 28.6 Å². The zero-order valence-corrected chi connectivity index (χ0v) is 53.0. The number of ether oxygens (including phenoxy) is 3. The van der Waals surface area contributed by atoms with Crippen LogP contribution in [0.15, 0.2) is 122 Å². The van der Waals surface area contributed by atoms with Crippen LogP contribution in [0.4, 0.5) is 0 Å². The lowest BCUT2D eigenvalue weighted by atomic mass is 10.0. The lowest BCUT2D eigenvalue weighted by Crippen LogP contribution is -2.30. The van der Waals surface area contributed by atoms with Gasteiger partial charge in [0.05, 0.1) is 0 Å². The van der Waals surface area contributed by atoms with E-state index >= 15 is 0 Å². The summed E-state index contributed by atoms with van der Waals surface area (Å²) in [5.41, 5.74) is 0. The van der Waals surface area contributed by atoms with Crippen molar-refractivity contribution in [3.05, 3.63) is 122 Å². The Balaban J connectivity index is 4.34. The average molecular weight is 1120 g/mol. The second-order valence-electron chi connectivity index (χ2n) is 22.3. The van der Waals surface area contributed by atoms with Crippen molar-refractivity contribution >= 4 is 17.9 Å². The molecule has 6 heteroatoms. The number of hydrogen-bond acceptors (Lipinski definition) is 6. The van der Waals surface area contributed by atoms with Gasteiger partial charge in [0, 0.05) is 19.3 Å². The van der Waals surface area contributed by atoms with Gasteiger partial charge in [-0.05, 0) is 109 Å². The zero-order valence-electron chi connectivity index (χ0n) is 53.0. The average Bonchev–Trinajstić information content (AvgIpc) is 3.46. The van der Waals surface area contributed by atoms with E-state index < -0.39 is 6.10 Å². The van der Waals surface area contributed by atoms with E-state index in [2.05, 4.69) is 142 Å². The third kappa shape index (κ3) is 66.5. The first-order valence-corrected chi connectivity index (χ1v) is 34.0. The van der Waals surface area contributed by atoms with Gasteiger partial charge in [-0.1, -0.05) is 309 Å². The molecule has 0 saturated carbocycles. The summed E-state index contributed by atoms with van der Waals surface area (Å²) in [6.45, 7) is 6.42. The Bertz CT molecular complexity index is 1670. The molecular weight excluding hydrogens is 997 g/mol. The van der Waals surface area contributed by atoms with Crippen LogP contribution in [0.3, 0.4) is 0 Å². The van der Waals surface area contributed by atoms with Crippen molar-refractivity contribution in [1.82, 2.24) is 0 Å². The zero-order chi connectivity index (χ0) is 58.5. The predicted octanol–water partition coefficient (Wildman–Crippen LogP) is 23.6. The highest BCUT2D eigenvalue weighted by Gasteiger charge is 2.19. The van der Waals surface area contributed by atoms with Crippen molar-refractivity contribution < 1.29 is 28.6 Å². The van der Waals surface area contributed by atoms with Crippen LogP contribution >= 0.6 is 0 Å². The maximum Gasteiger partial charge on any atom is 0.306 e. The Morgan fingerprint density at radius 3 is 0.753 bits per heavy atom. The summed E-state index contributed by atoms with van der Waals surface area (Å²) in [6, 6.07) is 0. The summed E-state index contributed by atoms with van der Waals surface area (Å²) in [5.74, 6) is -0.903. The number of esters is 3. The fourth-order valence-corrected chi connectivity index (χ4v) is 9.44. The Labute approximate surface area is 501 Å². The van der Waals surface area contributed by atoms with Crippen LogP contribution in [-0.4, -0.2) is 37.2 Å². The highest BCUT2D eigenvalue weighted by atomic mass is 16.6. The van der Waals surface area contributed by atoms with Crippen LogP contribution in [0.25, 0.3) is 0 Å². The molecule has 81 heavy (non-hydrogen) atoms. The molecule has 0 radical (unpaired) electrons. The smallest absolute Gasteiger partial charge is 0.306 e. The quantitative estimate of drug-likeness (QED) is 0.0261.